The molecule has 1 saturated carbocycles. The van der Waals surface area contributed by atoms with Crippen molar-refractivity contribution in [3.05, 3.63) is 12.0 Å². The molecular weight excluding hydrogens is 524 g/mol. The minimum atomic E-state index is -0.493. The molecule has 6 rings (SSSR count). The summed E-state index contributed by atoms with van der Waals surface area (Å²) in [4.78, 5) is 33.3. The first kappa shape index (κ1) is 27.7. The van der Waals surface area contributed by atoms with Crippen molar-refractivity contribution < 1.29 is 29.0 Å². The van der Waals surface area contributed by atoms with Crippen LogP contribution in [0, 0.1) is 5.92 Å². The van der Waals surface area contributed by atoms with E-state index in [1.807, 2.05) is 0 Å². The van der Waals surface area contributed by atoms with Crippen molar-refractivity contribution in [3.8, 4) is 0 Å². The molecule has 6 aliphatic rings. The maximum absolute atomic E-state index is 12.9. The molecule has 0 spiro atoms. The minimum absolute atomic E-state index is 0.0617. The van der Waals surface area contributed by atoms with Crippen LogP contribution in [0.1, 0.15) is 38.5 Å². The monoisotopic (exact) mass is 566 g/mol. The van der Waals surface area contributed by atoms with E-state index < -0.39 is 6.04 Å². The molecule has 7 N–H and O–H groups in total. The van der Waals surface area contributed by atoms with E-state index >= 15 is 0 Å². The Balaban J connectivity index is 1.06. The fraction of sp³-hybridized carbons (Fsp3) is 0.846. The molecule has 0 aromatic heterocycles. The van der Waals surface area contributed by atoms with Gasteiger partial charge in [0.2, 0.25) is 5.91 Å². The molecule has 13 heteroatoms. The predicted molar refractivity (Wildman–Crippen MR) is 144 cm³/mol. The summed E-state index contributed by atoms with van der Waals surface area (Å²) in [6.07, 6.45) is 6.16. The second kappa shape index (κ2) is 12.2. The van der Waals surface area contributed by atoms with Crippen LogP contribution >= 0.6 is 11.8 Å². The first-order valence-electron chi connectivity index (χ1n) is 14.5. The summed E-state index contributed by atoms with van der Waals surface area (Å²) in [5.41, 5.74) is 8.88. The maximum atomic E-state index is 12.9. The Morgan fingerprint density at radius 3 is 2.77 bits per heavy atom. The van der Waals surface area contributed by atoms with Gasteiger partial charge in [-0.05, 0) is 19.3 Å². The third-order valence-corrected chi connectivity index (χ3v) is 10.5. The first-order valence-corrected chi connectivity index (χ1v) is 15.5. The molecule has 5 aliphatic heterocycles. The zero-order valence-electron chi connectivity index (χ0n) is 22.3. The van der Waals surface area contributed by atoms with Gasteiger partial charge < -0.3 is 35.8 Å². The highest BCUT2D eigenvalue weighted by Crippen LogP contribution is 2.43. The van der Waals surface area contributed by atoms with E-state index in [-0.39, 0.29) is 65.5 Å². The highest BCUT2D eigenvalue weighted by Gasteiger charge is 2.51. The Kier molecular flexibility index (Phi) is 8.66. The fourth-order valence-corrected chi connectivity index (χ4v) is 8.44. The zero-order valence-corrected chi connectivity index (χ0v) is 23.1. The van der Waals surface area contributed by atoms with E-state index in [1.165, 1.54) is 0 Å². The molecule has 10 atom stereocenters. The summed E-state index contributed by atoms with van der Waals surface area (Å²) in [7, 11) is 0. The average Bonchev–Trinajstić information content (AvgIpc) is 3.58. The van der Waals surface area contributed by atoms with Gasteiger partial charge >= 0.3 is 0 Å². The number of nitrogens with two attached hydrogens (primary N) is 1. The van der Waals surface area contributed by atoms with Crippen molar-refractivity contribution in [2.45, 2.75) is 92.4 Å². The summed E-state index contributed by atoms with van der Waals surface area (Å²) < 4.78 is 11.9. The number of aliphatic hydroxyl groups excluding tert-OH is 1. The number of carbonyl (C=O) groups excluding carboxylic acids is 2. The van der Waals surface area contributed by atoms with Gasteiger partial charge in [0.25, 0.3) is 0 Å². The van der Waals surface area contributed by atoms with Crippen molar-refractivity contribution in [2.75, 3.05) is 38.6 Å². The SMILES string of the molecule is NC(=O)C1NCC(N[C@@H]2CCCC[C@@H]2O)CC1NC1CC(C2CSC3C(=O)C=C(N4CCOCC4)OC32)ON1. The molecule has 12 nitrogen and oxygen atoms in total. The number of ketones is 1. The summed E-state index contributed by atoms with van der Waals surface area (Å²) in [5.74, 6) is 1.23. The Morgan fingerprint density at radius 1 is 1.15 bits per heavy atom. The van der Waals surface area contributed by atoms with Crippen LogP contribution in [-0.2, 0) is 23.9 Å². The fourth-order valence-electron chi connectivity index (χ4n) is 6.92. The van der Waals surface area contributed by atoms with Gasteiger partial charge in [0, 0.05) is 61.9 Å². The van der Waals surface area contributed by atoms with Gasteiger partial charge in [-0.2, -0.15) is 5.48 Å². The van der Waals surface area contributed by atoms with Crippen LogP contribution < -0.4 is 27.2 Å². The standard InChI is InChI=1S/C26H42N6O6S/c27-26(35)23-17(9-14(12-28-23)29-16-3-1-2-4-18(16)33)30-21-11-20(38-31-21)15-13-39-25-19(34)10-22(37-24(15)25)32-5-7-36-8-6-32/h10,14-18,20-21,23-25,28-31,33H,1-9,11-13H2,(H2,27,35)/t14?,15?,16-,17?,18+,20?,21?,23?,24?,25?/m1/s1. The van der Waals surface area contributed by atoms with E-state index in [2.05, 4.69) is 26.3 Å². The number of aliphatic hydroxyl groups is 1. The second-order valence-corrected chi connectivity index (χ2v) is 12.8. The van der Waals surface area contributed by atoms with Crippen molar-refractivity contribution in [1.82, 2.24) is 26.3 Å². The van der Waals surface area contributed by atoms with E-state index in [0.717, 1.165) is 31.4 Å². The normalized spacial score (nSPS) is 43.1. The van der Waals surface area contributed by atoms with Gasteiger partial charge in [-0.15, -0.1) is 11.8 Å². The Bertz CT molecular complexity index is 937. The molecule has 218 valence electrons. The van der Waals surface area contributed by atoms with E-state index in [4.69, 9.17) is 20.0 Å². The second-order valence-electron chi connectivity index (χ2n) is 11.7. The molecule has 0 aromatic carbocycles. The largest absolute Gasteiger partial charge is 0.474 e. The number of allylic oxidation sites excluding steroid dienone is 1. The molecular formula is C26H42N6O6S. The van der Waals surface area contributed by atoms with Gasteiger partial charge in [-0.3, -0.25) is 19.7 Å². The molecule has 39 heavy (non-hydrogen) atoms. The summed E-state index contributed by atoms with van der Waals surface area (Å²) in [6.45, 7) is 3.31. The number of primary amides is 1. The minimum Gasteiger partial charge on any atom is -0.474 e. The number of rotatable bonds is 7. The van der Waals surface area contributed by atoms with Gasteiger partial charge in [0.1, 0.15) is 17.4 Å². The number of thioether (sulfide) groups is 1. The Morgan fingerprint density at radius 2 is 1.97 bits per heavy atom. The number of morpholine rings is 1. The van der Waals surface area contributed by atoms with Crippen molar-refractivity contribution in [1.29, 1.82) is 0 Å². The van der Waals surface area contributed by atoms with Gasteiger partial charge in [-0.25, -0.2) is 0 Å². The molecule has 4 saturated heterocycles. The van der Waals surface area contributed by atoms with Crippen LogP contribution in [0.25, 0.3) is 0 Å². The lowest BCUT2D eigenvalue weighted by atomic mass is 9.88. The lowest BCUT2D eigenvalue weighted by Crippen LogP contribution is -2.66. The molecule has 5 fully saturated rings. The molecule has 1 amide bonds. The van der Waals surface area contributed by atoms with E-state index in [9.17, 15) is 14.7 Å². The molecule has 1 aliphatic carbocycles. The number of amides is 1. The van der Waals surface area contributed by atoms with Crippen LogP contribution in [0.2, 0.25) is 0 Å². The lowest BCUT2D eigenvalue weighted by molar-refractivity contribution is -0.123. The number of hydroxylamine groups is 1. The number of piperidine rings is 1. The number of carbonyl (C=O) groups is 2. The number of hydrogen-bond donors (Lipinski definition) is 6. The number of fused-ring (bicyclic) bond motifs is 1. The Hall–Kier alpha value is -1.45. The maximum Gasteiger partial charge on any atom is 0.236 e. The van der Waals surface area contributed by atoms with Gasteiger partial charge in [0.05, 0.1) is 31.6 Å². The molecule has 0 aromatic rings. The summed E-state index contributed by atoms with van der Waals surface area (Å²) in [6, 6.07) is -0.486. The molecule has 5 heterocycles. The third-order valence-electron chi connectivity index (χ3n) is 9.05. The van der Waals surface area contributed by atoms with Crippen LogP contribution in [0.5, 0.6) is 0 Å². The van der Waals surface area contributed by atoms with Crippen LogP contribution in [0.3, 0.4) is 0 Å². The van der Waals surface area contributed by atoms with E-state index in [0.29, 0.717) is 51.6 Å². The topological polar surface area (TPSA) is 159 Å². The number of nitrogens with one attached hydrogen (secondary N) is 4. The smallest absolute Gasteiger partial charge is 0.236 e. The van der Waals surface area contributed by atoms with Crippen LogP contribution in [-0.4, -0.2) is 114 Å². The van der Waals surface area contributed by atoms with Crippen molar-refractivity contribution in [3.63, 3.8) is 0 Å². The molecule has 8 unspecified atom stereocenters. The van der Waals surface area contributed by atoms with E-state index in [1.54, 1.807) is 17.8 Å². The first-order chi connectivity index (χ1) is 19.0. The van der Waals surface area contributed by atoms with Crippen LogP contribution in [0.15, 0.2) is 12.0 Å². The molecule has 0 bridgehead atoms. The quantitative estimate of drug-likeness (QED) is 0.213. The molecule has 0 radical (unpaired) electrons. The van der Waals surface area contributed by atoms with Crippen LogP contribution in [0.4, 0.5) is 0 Å². The predicted octanol–water partition coefficient (Wildman–Crippen LogP) is -1.45. The van der Waals surface area contributed by atoms with Crippen molar-refractivity contribution >= 4 is 23.5 Å². The lowest BCUT2D eigenvalue weighted by Gasteiger charge is -2.40. The Labute approximate surface area is 233 Å². The number of hydrogen-bond acceptors (Lipinski definition) is 12. The summed E-state index contributed by atoms with van der Waals surface area (Å²) >= 11 is 1.65. The zero-order chi connectivity index (χ0) is 26.9. The number of ether oxygens (including phenoxy) is 2. The van der Waals surface area contributed by atoms with Gasteiger partial charge in [0.15, 0.2) is 11.7 Å². The number of nitrogens with zero attached hydrogens (tertiary/aromatic N) is 1. The summed E-state index contributed by atoms with van der Waals surface area (Å²) in [5, 5.41) is 20.7. The van der Waals surface area contributed by atoms with Gasteiger partial charge in [-0.1, -0.05) is 12.8 Å². The van der Waals surface area contributed by atoms with Crippen molar-refractivity contribution in [2.24, 2.45) is 11.7 Å². The highest BCUT2D eigenvalue weighted by atomic mass is 32.2. The average molecular weight is 567 g/mol. The third kappa shape index (κ3) is 6.10. The highest BCUT2D eigenvalue weighted by molar-refractivity contribution is 8.01.